The van der Waals surface area contributed by atoms with Gasteiger partial charge in [-0.1, -0.05) is 6.07 Å². The number of rotatable bonds is 4. The van der Waals surface area contributed by atoms with Crippen LogP contribution >= 0.6 is 0 Å². The Morgan fingerprint density at radius 3 is 2.24 bits per heavy atom. The van der Waals surface area contributed by atoms with E-state index < -0.39 is 0 Å². The van der Waals surface area contributed by atoms with E-state index in [9.17, 15) is 4.79 Å². The van der Waals surface area contributed by atoms with Crippen molar-refractivity contribution in [1.29, 1.82) is 0 Å². The molecule has 3 aromatic rings. The zero-order chi connectivity index (χ0) is 28.5. The van der Waals surface area contributed by atoms with E-state index in [1.165, 1.54) is 22.5 Å². The number of hydrogen-bond acceptors (Lipinski definition) is 8. The molecule has 5 N–H and O–H groups in total. The minimum atomic E-state index is -0.0729. The maximum Gasteiger partial charge on any atom is 0.321 e. The maximum absolute atomic E-state index is 12.8. The molecule has 41 heavy (non-hydrogen) atoms. The van der Waals surface area contributed by atoms with Gasteiger partial charge in [0.2, 0.25) is 0 Å². The zero-order valence-corrected chi connectivity index (χ0v) is 24.1. The van der Waals surface area contributed by atoms with Gasteiger partial charge >= 0.3 is 6.03 Å². The monoisotopic (exact) mass is 555 g/mol. The van der Waals surface area contributed by atoms with Crippen LogP contribution in [0.2, 0.25) is 0 Å². The van der Waals surface area contributed by atoms with E-state index in [2.05, 4.69) is 63.2 Å². The van der Waals surface area contributed by atoms with Gasteiger partial charge in [0.25, 0.3) is 0 Å². The first-order valence-corrected chi connectivity index (χ1v) is 14.6. The number of nitrogens with zero attached hydrogens (tertiary/aromatic N) is 6. The van der Waals surface area contributed by atoms with Crippen LogP contribution in [0.1, 0.15) is 16.7 Å². The highest BCUT2D eigenvalue weighted by molar-refractivity contribution is 5.89. The maximum atomic E-state index is 12.8. The van der Waals surface area contributed by atoms with Crippen molar-refractivity contribution >= 4 is 40.4 Å². The Hall–Kier alpha value is -4.18. The molecule has 216 valence electrons. The number of nitrogens with two attached hydrogens (primary N) is 2. The largest absolute Gasteiger partial charge is 0.399 e. The Labute approximate surface area is 242 Å². The summed E-state index contributed by atoms with van der Waals surface area (Å²) in [6.07, 6.45) is 0.980. The molecular formula is C31H41N9O. The van der Waals surface area contributed by atoms with Crippen molar-refractivity contribution in [3.8, 4) is 0 Å². The number of carbonyl (C=O) groups is 1. The van der Waals surface area contributed by atoms with Crippen LogP contribution in [0, 0.1) is 6.92 Å². The van der Waals surface area contributed by atoms with Crippen molar-refractivity contribution in [3.05, 3.63) is 65.2 Å². The third kappa shape index (κ3) is 5.83. The van der Waals surface area contributed by atoms with Gasteiger partial charge in [0.1, 0.15) is 11.6 Å². The van der Waals surface area contributed by atoms with Crippen LogP contribution in [-0.2, 0) is 13.0 Å². The highest BCUT2D eigenvalue weighted by Gasteiger charge is 2.25. The Morgan fingerprint density at radius 2 is 1.51 bits per heavy atom. The summed E-state index contributed by atoms with van der Waals surface area (Å²) in [6, 6.07) is 16.2. The van der Waals surface area contributed by atoms with Gasteiger partial charge in [0.05, 0.1) is 0 Å². The van der Waals surface area contributed by atoms with Gasteiger partial charge in [-0.05, 0) is 67.9 Å². The summed E-state index contributed by atoms with van der Waals surface area (Å²) in [5, 5.41) is 2.98. The number of piperazine rings is 2. The van der Waals surface area contributed by atoms with Crippen molar-refractivity contribution in [2.75, 3.05) is 97.4 Å². The second kappa shape index (κ2) is 11.4. The van der Waals surface area contributed by atoms with E-state index in [0.717, 1.165) is 75.8 Å². The lowest BCUT2D eigenvalue weighted by Crippen LogP contribution is -2.50. The fourth-order valence-electron chi connectivity index (χ4n) is 6.01. The lowest BCUT2D eigenvalue weighted by Gasteiger charge is -2.37. The predicted molar refractivity (Wildman–Crippen MR) is 168 cm³/mol. The molecule has 1 aromatic heterocycles. The van der Waals surface area contributed by atoms with Crippen LogP contribution in [0.3, 0.4) is 0 Å². The number of benzene rings is 2. The molecule has 10 heteroatoms. The number of nitrogen functional groups attached to an aromatic ring is 2. The summed E-state index contributed by atoms with van der Waals surface area (Å²) in [6.45, 7) is 10.9. The Kier molecular flexibility index (Phi) is 7.49. The average molecular weight is 556 g/mol. The number of nitrogens with one attached hydrogen (secondary N) is 1. The third-order valence-electron chi connectivity index (χ3n) is 8.73. The minimum absolute atomic E-state index is 0.0729. The fraction of sp³-hybridized carbons (Fsp3) is 0.419. The van der Waals surface area contributed by atoms with Gasteiger partial charge in [0.15, 0.2) is 0 Å². The first-order chi connectivity index (χ1) is 19.8. The number of amides is 2. The van der Waals surface area contributed by atoms with Crippen LogP contribution < -0.4 is 31.5 Å². The standard InChI is InChI=1S/C31H41N9O/c1-22-28(38-13-11-36(2)12-14-38)20-29(35-30(22)33)40-10-9-23-3-8-27(19-24(23)21-40)37-15-17-39(18-16-37)31(41)34-26-6-4-25(32)5-7-26/h3-8,19-20H,9-18,21,32H2,1-2H3,(H2,33,35)(H,34,41). The SMILES string of the molecule is Cc1c(N2CCN(C)CC2)cc(N2CCc3ccc(N4CCN(C(=O)Nc5ccc(N)cc5)CC4)cc3C2)nc1N. The summed E-state index contributed by atoms with van der Waals surface area (Å²) in [7, 11) is 2.18. The molecule has 2 amide bonds. The van der Waals surface area contributed by atoms with E-state index in [1.54, 1.807) is 12.1 Å². The number of pyridine rings is 1. The van der Waals surface area contributed by atoms with Crippen molar-refractivity contribution in [1.82, 2.24) is 14.8 Å². The smallest absolute Gasteiger partial charge is 0.321 e. The van der Waals surface area contributed by atoms with E-state index in [-0.39, 0.29) is 6.03 Å². The van der Waals surface area contributed by atoms with E-state index in [0.29, 0.717) is 24.6 Å². The Bertz CT molecular complexity index is 1390. The molecule has 10 nitrogen and oxygen atoms in total. The highest BCUT2D eigenvalue weighted by atomic mass is 16.2. The molecule has 0 radical (unpaired) electrons. The average Bonchev–Trinajstić information content (AvgIpc) is 2.99. The molecule has 2 aromatic carbocycles. The second-order valence-electron chi connectivity index (χ2n) is 11.5. The molecule has 6 rings (SSSR count). The summed E-state index contributed by atoms with van der Waals surface area (Å²) >= 11 is 0. The summed E-state index contributed by atoms with van der Waals surface area (Å²) in [4.78, 5) is 29.0. The molecule has 3 aliphatic heterocycles. The normalized spacial score (nSPS) is 17.9. The molecule has 0 atom stereocenters. The Morgan fingerprint density at radius 1 is 0.805 bits per heavy atom. The summed E-state index contributed by atoms with van der Waals surface area (Å²) < 4.78 is 0. The third-order valence-corrected chi connectivity index (χ3v) is 8.73. The number of likely N-dealkylation sites (N-methyl/N-ethyl adjacent to an activating group) is 1. The molecule has 0 aliphatic carbocycles. The first kappa shape index (κ1) is 27.0. The number of carbonyl (C=O) groups excluding carboxylic acids is 1. The van der Waals surface area contributed by atoms with Crippen LogP contribution in [0.15, 0.2) is 48.5 Å². The minimum Gasteiger partial charge on any atom is -0.399 e. The van der Waals surface area contributed by atoms with Crippen molar-refractivity contribution < 1.29 is 4.79 Å². The van der Waals surface area contributed by atoms with Gasteiger partial charge < -0.3 is 41.3 Å². The number of fused-ring (bicyclic) bond motifs is 1. The lowest BCUT2D eigenvalue weighted by atomic mass is 9.98. The molecule has 2 saturated heterocycles. The van der Waals surface area contributed by atoms with Crippen LogP contribution in [-0.4, -0.2) is 86.8 Å². The van der Waals surface area contributed by atoms with Gasteiger partial charge in [-0.15, -0.1) is 0 Å². The van der Waals surface area contributed by atoms with Gasteiger partial charge in [-0.2, -0.15) is 0 Å². The van der Waals surface area contributed by atoms with Crippen molar-refractivity contribution in [2.45, 2.75) is 19.9 Å². The molecule has 0 bridgehead atoms. The van der Waals surface area contributed by atoms with Crippen LogP contribution in [0.5, 0.6) is 0 Å². The summed E-state index contributed by atoms with van der Waals surface area (Å²) in [5.74, 6) is 1.58. The number of hydrogen-bond donors (Lipinski definition) is 3. The van der Waals surface area contributed by atoms with Gasteiger partial charge in [-0.25, -0.2) is 9.78 Å². The fourth-order valence-corrected chi connectivity index (χ4v) is 6.01. The Balaban J connectivity index is 1.11. The number of aromatic nitrogens is 1. The molecule has 2 fully saturated rings. The molecule has 0 saturated carbocycles. The van der Waals surface area contributed by atoms with Crippen molar-refractivity contribution in [2.24, 2.45) is 0 Å². The predicted octanol–water partition coefficient (Wildman–Crippen LogP) is 3.22. The van der Waals surface area contributed by atoms with Gasteiger partial charge in [0, 0.05) is 99.8 Å². The highest BCUT2D eigenvalue weighted by Crippen LogP contribution is 2.33. The molecular weight excluding hydrogens is 514 g/mol. The summed E-state index contributed by atoms with van der Waals surface area (Å²) in [5.41, 5.74) is 19.8. The zero-order valence-electron chi connectivity index (χ0n) is 24.1. The quantitative estimate of drug-likeness (QED) is 0.421. The molecule has 0 unspecified atom stereocenters. The first-order valence-electron chi connectivity index (χ1n) is 14.6. The number of anilines is 6. The number of urea groups is 1. The van der Waals surface area contributed by atoms with Crippen molar-refractivity contribution in [3.63, 3.8) is 0 Å². The van der Waals surface area contributed by atoms with E-state index in [1.807, 2.05) is 17.0 Å². The molecule has 0 spiro atoms. The van der Waals surface area contributed by atoms with E-state index >= 15 is 0 Å². The molecule has 3 aliphatic rings. The second-order valence-corrected chi connectivity index (χ2v) is 11.5. The van der Waals surface area contributed by atoms with Crippen LogP contribution in [0.4, 0.5) is 39.2 Å². The van der Waals surface area contributed by atoms with Gasteiger partial charge in [-0.3, -0.25) is 0 Å². The lowest BCUT2D eigenvalue weighted by molar-refractivity contribution is 0.208. The topological polar surface area (TPSA) is 110 Å². The molecule has 4 heterocycles. The van der Waals surface area contributed by atoms with E-state index in [4.69, 9.17) is 16.5 Å². The van der Waals surface area contributed by atoms with Crippen LogP contribution in [0.25, 0.3) is 0 Å².